The molecule has 1 saturated carbocycles. The van der Waals surface area contributed by atoms with Crippen LogP contribution in [0.25, 0.3) is 10.9 Å². The molecular formula is C19H25N3O3. The van der Waals surface area contributed by atoms with E-state index in [1.807, 2.05) is 18.7 Å². The zero-order valence-electron chi connectivity index (χ0n) is 14.8. The van der Waals surface area contributed by atoms with Gasteiger partial charge in [0.1, 0.15) is 0 Å². The molecule has 1 fully saturated rings. The van der Waals surface area contributed by atoms with E-state index in [2.05, 4.69) is 4.98 Å². The largest absolute Gasteiger partial charge is 0.340 e. The molecule has 3 rings (SSSR count). The van der Waals surface area contributed by atoms with Crippen molar-refractivity contribution < 1.29 is 4.79 Å². The van der Waals surface area contributed by atoms with Gasteiger partial charge in [0.25, 0.3) is 5.56 Å². The first-order chi connectivity index (χ1) is 12.0. The van der Waals surface area contributed by atoms with Gasteiger partial charge in [0.05, 0.1) is 10.9 Å². The van der Waals surface area contributed by atoms with Crippen molar-refractivity contribution in [1.29, 1.82) is 0 Å². The molecule has 0 aliphatic heterocycles. The van der Waals surface area contributed by atoms with Crippen molar-refractivity contribution in [3.8, 4) is 0 Å². The van der Waals surface area contributed by atoms with E-state index in [-0.39, 0.29) is 24.9 Å². The predicted octanol–water partition coefficient (Wildman–Crippen LogP) is 2.12. The maximum atomic E-state index is 12.7. The molecule has 1 aromatic heterocycles. The Kier molecular flexibility index (Phi) is 5.06. The van der Waals surface area contributed by atoms with Gasteiger partial charge in [0.2, 0.25) is 5.91 Å². The van der Waals surface area contributed by atoms with Crippen molar-refractivity contribution in [2.75, 3.05) is 6.54 Å². The Labute approximate surface area is 146 Å². The van der Waals surface area contributed by atoms with Crippen molar-refractivity contribution in [2.24, 2.45) is 5.92 Å². The lowest BCUT2D eigenvalue weighted by Crippen LogP contribution is -2.42. The highest BCUT2D eigenvalue weighted by molar-refractivity contribution is 5.79. The smallest absolute Gasteiger partial charge is 0.328 e. The summed E-state index contributed by atoms with van der Waals surface area (Å²) < 4.78 is 1.48. The second-order valence-corrected chi connectivity index (χ2v) is 7.11. The fourth-order valence-corrected chi connectivity index (χ4v) is 3.37. The number of para-hydroxylation sites is 1. The third-order valence-electron chi connectivity index (χ3n) is 5.08. The Morgan fingerprint density at radius 2 is 2.00 bits per heavy atom. The van der Waals surface area contributed by atoms with Crippen LogP contribution >= 0.6 is 0 Å². The molecule has 1 aromatic carbocycles. The van der Waals surface area contributed by atoms with Crippen LogP contribution in [0.5, 0.6) is 0 Å². The molecule has 0 atom stereocenters. The first kappa shape index (κ1) is 17.5. The Balaban J connectivity index is 1.78. The quantitative estimate of drug-likeness (QED) is 0.873. The van der Waals surface area contributed by atoms with Crippen molar-refractivity contribution in [2.45, 2.75) is 52.1 Å². The molecule has 1 N–H and O–H groups in total. The molecule has 0 saturated heterocycles. The fourth-order valence-electron chi connectivity index (χ4n) is 3.37. The van der Waals surface area contributed by atoms with Crippen LogP contribution in [0.1, 0.15) is 39.5 Å². The number of aromatic nitrogens is 2. The fraction of sp³-hybridized carbons (Fsp3) is 0.526. The molecule has 1 heterocycles. The second kappa shape index (κ2) is 7.25. The number of aromatic amines is 1. The molecule has 1 aliphatic rings. The maximum absolute atomic E-state index is 12.7. The van der Waals surface area contributed by atoms with Crippen molar-refractivity contribution >= 4 is 16.8 Å². The summed E-state index contributed by atoms with van der Waals surface area (Å²) in [4.78, 5) is 41.0. The Bertz CT molecular complexity index is 877. The number of rotatable bonds is 6. The SMILES string of the molecule is CC(C)N(CC1CCC1)C(=O)CCn1c(=O)[nH]c(=O)c2ccccc21. The topological polar surface area (TPSA) is 75.2 Å². The van der Waals surface area contributed by atoms with Crippen LogP contribution < -0.4 is 11.2 Å². The molecule has 6 nitrogen and oxygen atoms in total. The number of hydrogen-bond donors (Lipinski definition) is 1. The highest BCUT2D eigenvalue weighted by Crippen LogP contribution is 2.28. The van der Waals surface area contributed by atoms with E-state index in [1.54, 1.807) is 24.3 Å². The summed E-state index contributed by atoms with van der Waals surface area (Å²) in [7, 11) is 0. The third kappa shape index (κ3) is 3.67. The minimum Gasteiger partial charge on any atom is -0.340 e. The van der Waals surface area contributed by atoms with Gasteiger partial charge >= 0.3 is 5.69 Å². The molecule has 25 heavy (non-hydrogen) atoms. The van der Waals surface area contributed by atoms with E-state index in [0.29, 0.717) is 16.8 Å². The van der Waals surface area contributed by atoms with Gasteiger partial charge < -0.3 is 4.90 Å². The van der Waals surface area contributed by atoms with Gasteiger partial charge in [-0.05, 0) is 44.7 Å². The number of benzene rings is 1. The van der Waals surface area contributed by atoms with Gasteiger partial charge in [-0.25, -0.2) is 4.79 Å². The van der Waals surface area contributed by atoms with Crippen LogP contribution in [-0.2, 0) is 11.3 Å². The molecule has 0 radical (unpaired) electrons. The second-order valence-electron chi connectivity index (χ2n) is 7.11. The van der Waals surface area contributed by atoms with Crippen molar-refractivity contribution in [3.63, 3.8) is 0 Å². The lowest BCUT2D eigenvalue weighted by Gasteiger charge is -2.35. The minimum atomic E-state index is -0.466. The number of nitrogens with one attached hydrogen (secondary N) is 1. The van der Waals surface area contributed by atoms with E-state index in [9.17, 15) is 14.4 Å². The first-order valence-corrected chi connectivity index (χ1v) is 8.98. The van der Waals surface area contributed by atoms with E-state index < -0.39 is 11.2 Å². The van der Waals surface area contributed by atoms with E-state index in [4.69, 9.17) is 0 Å². The van der Waals surface area contributed by atoms with E-state index in [0.717, 1.165) is 6.54 Å². The van der Waals surface area contributed by atoms with Crippen LogP contribution in [-0.4, -0.2) is 32.9 Å². The summed E-state index contributed by atoms with van der Waals surface area (Å²) in [6.45, 7) is 5.12. The highest BCUT2D eigenvalue weighted by Gasteiger charge is 2.25. The number of H-pyrrole nitrogens is 1. The highest BCUT2D eigenvalue weighted by atomic mass is 16.2. The van der Waals surface area contributed by atoms with Crippen LogP contribution in [0.3, 0.4) is 0 Å². The molecule has 0 spiro atoms. The van der Waals surface area contributed by atoms with Gasteiger partial charge in [0, 0.05) is 25.6 Å². The van der Waals surface area contributed by atoms with E-state index >= 15 is 0 Å². The molecule has 0 unspecified atom stereocenters. The van der Waals surface area contributed by atoms with Gasteiger partial charge in [-0.1, -0.05) is 18.6 Å². The summed E-state index contributed by atoms with van der Waals surface area (Å²) in [6.07, 6.45) is 3.89. The zero-order valence-corrected chi connectivity index (χ0v) is 14.8. The first-order valence-electron chi connectivity index (χ1n) is 8.98. The Morgan fingerprint density at radius 1 is 1.28 bits per heavy atom. The molecular weight excluding hydrogens is 318 g/mol. The van der Waals surface area contributed by atoms with E-state index in [1.165, 1.54) is 23.8 Å². The average molecular weight is 343 g/mol. The lowest BCUT2D eigenvalue weighted by molar-refractivity contribution is -0.134. The number of carbonyl (C=O) groups excluding carboxylic acids is 1. The summed E-state index contributed by atoms with van der Waals surface area (Å²) in [5.74, 6) is 0.673. The molecule has 1 amide bonds. The Morgan fingerprint density at radius 3 is 2.64 bits per heavy atom. The van der Waals surface area contributed by atoms with Crippen LogP contribution in [0.2, 0.25) is 0 Å². The van der Waals surface area contributed by atoms with Gasteiger partial charge in [-0.3, -0.25) is 19.1 Å². The van der Waals surface area contributed by atoms with Crippen LogP contribution in [0, 0.1) is 5.92 Å². The normalized spacial score (nSPS) is 14.7. The number of amides is 1. The predicted molar refractivity (Wildman–Crippen MR) is 97.6 cm³/mol. The minimum absolute atomic E-state index is 0.0593. The number of fused-ring (bicyclic) bond motifs is 1. The maximum Gasteiger partial charge on any atom is 0.328 e. The molecule has 6 heteroatoms. The molecule has 134 valence electrons. The molecule has 1 aliphatic carbocycles. The van der Waals surface area contributed by atoms with Crippen molar-refractivity contribution in [3.05, 3.63) is 45.1 Å². The number of aryl methyl sites for hydroxylation is 1. The standard InChI is InChI=1S/C19H25N3O3/c1-13(2)22(12-14-6-5-7-14)17(23)10-11-21-16-9-4-3-8-15(16)18(24)20-19(21)25/h3-4,8-9,13-14H,5-7,10-12H2,1-2H3,(H,20,24,25). The Hall–Kier alpha value is -2.37. The van der Waals surface area contributed by atoms with Crippen LogP contribution in [0.4, 0.5) is 0 Å². The summed E-state index contributed by atoms with van der Waals surface area (Å²) in [5.41, 5.74) is -0.289. The van der Waals surface area contributed by atoms with Crippen molar-refractivity contribution in [1.82, 2.24) is 14.5 Å². The van der Waals surface area contributed by atoms with Gasteiger partial charge in [-0.15, -0.1) is 0 Å². The average Bonchev–Trinajstić information content (AvgIpc) is 2.53. The molecule has 2 aromatic rings. The number of nitrogens with zero attached hydrogens (tertiary/aromatic N) is 2. The van der Waals surface area contributed by atoms with Gasteiger partial charge in [0.15, 0.2) is 0 Å². The number of hydrogen-bond acceptors (Lipinski definition) is 3. The zero-order chi connectivity index (χ0) is 18.0. The molecule has 0 bridgehead atoms. The monoisotopic (exact) mass is 343 g/mol. The van der Waals surface area contributed by atoms with Crippen LogP contribution in [0.15, 0.2) is 33.9 Å². The third-order valence-corrected chi connectivity index (χ3v) is 5.08. The summed E-state index contributed by atoms with van der Waals surface area (Å²) in [6, 6.07) is 7.12. The summed E-state index contributed by atoms with van der Waals surface area (Å²) >= 11 is 0. The number of carbonyl (C=O) groups is 1. The van der Waals surface area contributed by atoms with Gasteiger partial charge in [-0.2, -0.15) is 0 Å². The lowest BCUT2D eigenvalue weighted by atomic mass is 9.85. The summed E-state index contributed by atoms with van der Waals surface area (Å²) in [5, 5.41) is 0.463.